The fourth-order valence-corrected chi connectivity index (χ4v) is 12.8. The van der Waals surface area contributed by atoms with Gasteiger partial charge in [0.2, 0.25) is 0 Å². The lowest BCUT2D eigenvalue weighted by molar-refractivity contribution is 0.753. The third-order valence-corrected chi connectivity index (χ3v) is 17.5. The topological polar surface area (TPSA) is 6.48 Å². The van der Waals surface area contributed by atoms with Crippen LogP contribution in [0.15, 0.2) is 194 Å². The summed E-state index contributed by atoms with van der Waals surface area (Å²) < 4.78 is 0. The Morgan fingerprint density at radius 1 is 0.393 bits per heavy atom. The zero-order valence-electron chi connectivity index (χ0n) is 35.9. The Labute approximate surface area is 362 Å². The maximum absolute atomic E-state index is 2.58. The Hall–Kier alpha value is -6.47. The third-order valence-electron chi connectivity index (χ3n) is 13.3. The first kappa shape index (κ1) is 37.5. The highest BCUT2D eigenvalue weighted by atomic mass is 28.3. The minimum atomic E-state index is -1.54. The fraction of sp³-hybridized carbons (Fsp3) is 0.123. The predicted molar refractivity (Wildman–Crippen MR) is 268 cm³/mol. The van der Waals surface area contributed by atoms with E-state index in [1.165, 1.54) is 93.7 Å². The quantitative estimate of drug-likeness (QED) is 0.154. The van der Waals surface area contributed by atoms with E-state index in [2.05, 4.69) is 243 Å². The van der Waals surface area contributed by atoms with Gasteiger partial charge in [0.05, 0.1) is 38.6 Å². The Morgan fingerprint density at radius 3 is 1.44 bits per heavy atom. The van der Waals surface area contributed by atoms with Crippen LogP contribution in [0, 0.1) is 0 Å². The third kappa shape index (κ3) is 5.66. The van der Waals surface area contributed by atoms with Crippen LogP contribution in [0.1, 0.15) is 22.3 Å². The van der Waals surface area contributed by atoms with Gasteiger partial charge in [-0.25, -0.2) is 0 Å². The van der Waals surface area contributed by atoms with Crippen LogP contribution in [-0.2, 0) is 5.41 Å². The summed E-state index contributed by atoms with van der Waals surface area (Å²) in [6, 6.07) is 73.7. The summed E-state index contributed by atoms with van der Waals surface area (Å²) in [6.07, 6.45) is 0. The first-order valence-electron chi connectivity index (χ1n) is 21.7. The van der Waals surface area contributed by atoms with Crippen molar-refractivity contribution in [1.29, 1.82) is 0 Å². The number of hydrogen-bond donors (Lipinski definition) is 0. The van der Waals surface area contributed by atoms with E-state index in [-0.39, 0.29) is 0 Å². The van der Waals surface area contributed by atoms with Crippen LogP contribution in [0.25, 0.3) is 32.7 Å². The molecule has 1 aliphatic heterocycles. The number of hydrogen-bond acceptors (Lipinski definition) is 2. The minimum Gasteiger partial charge on any atom is -0.310 e. The highest BCUT2D eigenvalue weighted by Gasteiger charge is 2.53. The van der Waals surface area contributed by atoms with Gasteiger partial charge in [0, 0.05) is 22.4 Å². The van der Waals surface area contributed by atoms with E-state index in [0.29, 0.717) is 0 Å². The Bertz CT molecular complexity index is 3050. The minimum absolute atomic E-state index is 0.610. The van der Waals surface area contributed by atoms with Gasteiger partial charge in [0.1, 0.15) is 0 Å². The maximum Gasteiger partial charge on any atom is 0.0775 e. The van der Waals surface area contributed by atoms with Gasteiger partial charge in [-0.2, -0.15) is 0 Å². The van der Waals surface area contributed by atoms with Crippen molar-refractivity contribution in [3.05, 3.63) is 216 Å². The molecule has 0 saturated carbocycles. The van der Waals surface area contributed by atoms with Gasteiger partial charge in [0.25, 0.3) is 0 Å². The number of anilines is 6. The molecule has 1 spiro atoms. The monoisotopic (exact) mass is 818 g/mol. The first-order valence-corrected chi connectivity index (χ1v) is 28.7. The molecule has 0 unspecified atom stereocenters. The molecule has 1 aliphatic carbocycles. The van der Waals surface area contributed by atoms with Crippen molar-refractivity contribution in [3.8, 4) is 11.1 Å². The molecular formula is C57H50N2Si2. The van der Waals surface area contributed by atoms with Crippen LogP contribution < -0.4 is 20.2 Å². The molecule has 1 heterocycles. The molecule has 9 aromatic rings. The number of fused-ring (bicyclic) bond motifs is 13. The van der Waals surface area contributed by atoms with E-state index in [0.717, 1.165) is 5.69 Å². The Kier molecular flexibility index (Phi) is 8.48. The average Bonchev–Trinajstić information content (AvgIpc) is 3.58. The average molecular weight is 819 g/mol. The largest absolute Gasteiger partial charge is 0.310 e. The zero-order chi connectivity index (χ0) is 41.7. The summed E-state index contributed by atoms with van der Waals surface area (Å²) in [5.41, 5.74) is 14.4. The highest BCUT2D eigenvalue weighted by molar-refractivity contribution is 6.89. The van der Waals surface area contributed by atoms with Gasteiger partial charge in [-0.1, -0.05) is 189 Å². The molecule has 2 aliphatic rings. The van der Waals surface area contributed by atoms with Crippen molar-refractivity contribution in [2.24, 2.45) is 0 Å². The number of para-hydroxylation sites is 3. The van der Waals surface area contributed by atoms with E-state index in [1.54, 1.807) is 0 Å². The van der Waals surface area contributed by atoms with Crippen LogP contribution >= 0.6 is 0 Å². The SMILES string of the molecule is C[Si](C)(C)c1ccc(N(c2ccc([Si](C)(C)C)cc2)c2cc3c(c4ccccc24)-c2c(ccc4ccccc24)C32c3ccccc3N(c3ccccc3)c3ccccc32)cc1. The number of nitrogens with zero attached hydrogens (tertiary/aromatic N) is 2. The highest BCUT2D eigenvalue weighted by Crippen LogP contribution is 2.66. The van der Waals surface area contributed by atoms with Gasteiger partial charge in [-0.15, -0.1) is 0 Å². The van der Waals surface area contributed by atoms with Gasteiger partial charge in [-0.05, 0) is 104 Å². The second-order valence-electron chi connectivity index (χ2n) is 19.0. The fourth-order valence-electron chi connectivity index (χ4n) is 10.4. The van der Waals surface area contributed by atoms with E-state index in [4.69, 9.17) is 0 Å². The molecule has 9 aromatic carbocycles. The van der Waals surface area contributed by atoms with Crippen LogP contribution in [0.4, 0.5) is 34.1 Å². The number of benzene rings is 9. The van der Waals surface area contributed by atoms with Crippen molar-refractivity contribution in [2.45, 2.75) is 44.7 Å². The zero-order valence-corrected chi connectivity index (χ0v) is 37.9. The van der Waals surface area contributed by atoms with Crippen molar-refractivity contribution < 1.29 is 0 Å². The standard InChI is InChI=1S/C57H50N2Si2/c1-60(2,3)43-33-29-41(30-34-43)58(42-31-35-44(36-32-42)61(4,5)6)54-38-51-56(47-23-13-12-22-46(47)54)55-45-21-11-10-18-39(45)28-37-50(55)57(51)48-24-14-16-26-52(48)59(40-19-8-7-9-20-40)53-27-17-15-25-49(53)57/h7-38H,1-6H3. The summed E-state index contributed by atoms with van der Waals surface area (Å²) >= 11 is 0. The van der Waals surface area contributed by atoms with E-state index in [9.17, 15) is 0 Å². The van der Waals surface area contributed by atoms with Crippen molar-refractivity contribution >= 4 is 82.2 Å². The molecule has 296 valence electrons. The van der Waals surface area contributed by atoms with Crippen molar-refractivity contribution in [3.63, 3.8) is 0 Å². The van der Waals surface area contributed by atoms with Crippen LogP contribution in [0.5, 0.6) is 0 Å². The molecular weight excluding hydrogens is 769 g/mol. The van der Waals surface area contributed by atoms with Crippen molar-refractivity contribution in [2.75, 3.05) is 9.80 Å². The molecule has 0 bridgehead atoms. The lowest BCUT2D eigenvalue weighted by atomic mass is 9.64. The molecule has 11 rings (SSSR count). The molecule has 0 radical (unpaired) electrons. The molecule has 0 N–H and O–H groups in total. The number of rotatable bonds is 6. The molecule has 0 fully saturated rings. The van der Waals surface area contributed by atoms with E-state index < -0.39 is 21.6 Å². The van der Waals surface area contributed by atoms with Crippen LogP contribution in [-0.4, -0.2) is 16.1 Å². The van der Waals surface area contributed by atoms with Gasteiger partial charge >= 0.3 is 0 Å². The Balaban J connectivity index is 1.29. The smallest absolute Gasteiger partial charge is 0.0775 e. The predicted octanol–water partition coefficient (Wildman–Crippen LogP) is 14.7. The molecule has 4 heteroatoms. The lowest BCUT2D eigenvalue weighted by Gasteiger charge is -2.45. The van der Waals surface area contributed by atoms with Crippen molar-refractivity contribution in [1.82, 2.24) is 0 Å². The summed E-state index contributed by atoms with van der Waals surface area (Å²) in [7, 11) is -3.07. The van der Waals surface area contributed by atoms with Crippen LogP contribution in [0.3, 0.4) is 0 Å². The molecule has 0 saturated heterocycles. The van der Waals surface area contributed by atoms with Gasteiger partial charge in [-0.3, -0.25) is 0 Å². The molecule has 0 aromatic heterocycles. The van der Waals surface area contributed by atoms with Crippen LogP contribution in [0.2, 0.25) is 39.3 Å². The molecule has 0 atom stereocenters. The summed E-state index contributed by atoms with van der Waals surface area (Å²) in [6.45, 7) is 14.6. The summed E-state index contributed by atoms with van der Waals surface area (Å²) in [5.74, 6) is 0. The second kappa shape index (κ2) is 13.8. The Morgan fingerprint density at radius 2 is 0.869 bits per heavy atom. The van der Waals surface area contributed by atoms with Gasteiger partial charge in [0.15, 0.2) is 0 Å². The van der Waals surface area contributed by atoms with Gasteiger partial charge < -0.3 is 9.80 Å². The maximum atomic E-state index is 2.58. The first-order chi connectivity index (χ1) is 29.5. The molecule has 2 nitrogen and oxygen atoms in total. The summed E-state index contributed by atoms with van der Waals surface area (Å²) in [4.78, 5) is 5.01. The summed E-state index contributed by atoms with van der Waals surface area (Å²) in [5, 5.41) is 7.98. The lowest BCUT2D eigenvalue weighted by Crippen LogP contribution is -2.37. The molecule has 61 heavy (non-hydrogen) atoms. The van der Waals surface area contributed by atoms with E-state index >= 15 is 0 Å². The second-order valence-corrected chi connectivity index (χ2v) is 29.1. The normalized spacial score (nSPS) is 13.8. The molecule has 0 amide bonds. The van der Waals surface area contributed by atoms with E-state index in [1.807, 2.05) is 0 Å².